The Morgan fingerprint density at radius 1 is 0.905 bits per heavy atom. The molecule has 1 aliphatic carbocycles. The number of hydrogen-bond acceptors (Lipinski definition) is 1. The second kappa shape index (κ2) is 5.55. The maximum atomic E-state index is 3.72. The number of aryl methyl sites for hydroxylation is 4. The first-order chi connectivity index (χ1) is 10.4. The first kappa shape index (κ1) is 12.9. The van der Waals surface area contributed by atoms with Gasteiger partial charge in [-0.25, -0.2) is 0 Å². The van der Waals surface area contributed by atoms with Gasteiger partial charge in [0.2, 0.25) is 0 Å². The predicted octanol–water partition coefficient (Wildman–Crippen LogP) is 4.53. The summed E-state index contributed by atoms with van der Waals surface area (Å²) >= 11 is 0. The van der Waals surface area contributed by atoms with Gasteiger partial charge in [-0.2, -0.15) is 0 Å². The number of para-hydroxylation sites is 1. The Morgan fingerprint density at radius 3 is 2.81 bits per heavy atom. The number of hydrogen-bond donors (Lipinski definition) is 1. The molecule has 0 fully saturated rings. The van der Waals surface area contributed by atoms with Crippen LogP contribution in [0.4, 0.5) is 5.69 Å². The van der Waals surface area contributed by atoms with Crippen LogP contribution in [0.1, 0.15) is 41.5 Å². The van der Waals surface area contributed by atoms with Crippen molar-refractivity contribution in [2.24, 2.45) is 0 Å². The van der Waals surface area contributed by atoms with E-state index < -0.39 is 0 Å². The summed E-state index contributed by atoms with van der Waals surface area (Å²) in [6, 6.07) is 16.5. The van der Waals surface area contributed by atoms with Crippen molar-refractivity contribution in [1.29, 1.82) is 0 Å². The largest absolute Gasteiger partial charge is 0.382 e. The molecule has 0 spiro atoms. The predicted molar refractivity (Wildman–Crippen MR) is 89.0 cm³/mol. The Balaban J connectivity index is 1.39. The number of benzene rings is 2. The van der Waals surface area contributed by atoms with E-state index in [0.717, 1.165) is 0 Å². The van der Waals surface area contributed by atoms with E-state index in [4.69, 9.17) is 0 Å². The van der Waals surface area contributed by atoms with Crippen LogP contribution < -0.4 is 5.32 Å². The standard InChI is InChI=1S/C20H23N/c1-2-7-20-17(4-1)11-13-19(21-20)12-9-15-8-10-16-5-3-6-18(16)14-15/h1-2,4,7-8,10,14,19,21H,3,5-6,9,11-13H2. The Kier molecular flexibility index (Phi) is 3.42. The van der Waals surface area contributed by atoms with Gasteiger partial charge in [-0.15, -0.1) is 0 Å². The van der Waals surface area contributed by atoms with Crippen molar-refractivity contribution < 1.29 is 0 Å². The third-order valence-electron chi connectivity index (χ3n) is 5.08. The Labute approximate surface area is 127 Å². The highest BCUT2D eigenvalue weighted by Crippen LogP contribution is 2.27. The molecule has 1 heteroatoms. The van der Waals surface area contributed by atoms with Crippen molar-refractivity contribution in [3.05, 3.63) is 64.7 Å². The van der Waals surface area contributed by atoms with Crippen LogP contribution in [0.3, 0.4) is 0 Å². The zero-order valence-corrected chi connectivity index (χ0v) is 12.6. The van der Waals surface area contributed by atoms with E-state index >= 15 is 0 Å². The average molecular weight is 277 g/mol. The highest BCUT2D eigenvalue weighted by atomic mass is 14.9. The summed E-state index contributed by atoms with van der Waals surface area (Å²) in [6.07, 6.45) is 8.86. The van der Waals surface area contributed by atoms with Crippen molar-refractivity contribution >= 4 is 5.69 Å². The molecule has 21 heavy (non-hydrogen) atoms. The average Bonchev–Trinajstić information content (AvgIpc) is 3.00. The smallest absolute Gasteiger partial charge is 0.0374 e. The van der Waals surface area contributed by atoms with Gasteiger partial charge < -0.3 is 5.32 Å². The van der Waals surface area contributed by atoms with Crippen LogP contribution in [0.25, 0.3) is 0 Å². The highest BCUT2D eigenvalue weighted by molar-refractivity contribution is 5.53. The summed E-state index contributed by atoms with van der Waals surface area (Å²) in [7, 11) is 0. The van der Waals surface area contributed by atoms with Gasteiger partial charge in [0, 0.05) is 11.7 Å². The molecule has 0 saturated carbocycles. The molecule has 0 radical (unpaired) electrons. The lowest BCUT2D eigenvalue weighted by Crippen LogP contribution is -2.25. The Hall–Kier alpha value is -1.76. The second-order valence-corrected chi connectivity index (χ2v) is 6.53. The molecule has 2 aliphatic rings. The first-order valence-corrected chi connectivity index (χ1v) is 8.33. The molecule has 4 rings (SSSR count). The van der Waals surface area contributed by atoms with Gasteiger partial charge in [0.1, 0.15) is 0 Å². The van der Waals surface area contributed by atoms with E-state index in [1.54, 1.807) is 11.1 Å². The van der Waals surface area contributed by atoms with E-state index in [0.29, 0.717) is 6.04 Å². The topological polar surface area (TPSA) is 12.0 Å². The quantitative estimate of drug-likeness (QED) is 0.869. The highest BCUT2D eigenvalue weighted by Gasteiger charge is 2.17. The minimum Gasteiger partial charge on any atom is -0.382 e. The zero-order valence-electron chi connectivity index (χ0n) is 12.6. The molecule has 0 amide bonds. The molecule has 1 N–H and O–H groups in total. The minimum atomic E-state index is 0.633. The third kappa shape index (κ3) is 2.70. The van der Waals surface area contributed by atoms with Gasteiger partial charge in [0.25, 0.3) is 0 Å². The van der Waals surface area contributed by atoms with Crippen LogP contribution in [0.2, 0.25) is 0 Å². The number of anilines is 1. The Bertz CT molecular complexity index is 644. The Morgan fingerprint density at radius 2 is 1.81 bits per heavy atom. The summed E-state index contributed by atoms with van der Waals surface area (Å²) in [4.78, 5) is 0. The summed E-state index contributed by atoms with van der Waals surface area (Å²) in [6.45, 7) is 0. The van der Waals surface area contributed by atoms with Gasteiger partial charge >= 0.3 is 0 Å². The summed E-state index contributed by atoms with van der Waals surface area (Å²) in [5.74, 6) is 0. The molecule has 0 bridgehead atoms. The van der Waals surface area contributed by atoms with Gasteiger partial charge in [-0.1, -0.05) is 36.4 Å². The lowest BCUT2D eigenvalue weighted by atomic mass is 9.93. The molecular weight excluding hydrogens is 254 g/mol. The van der Waals surface area contributed by atoms with Crippen molar-refractivity contribution in [2.45, 2.75) is 51.0 Å². The van der Waals surface area contributed by atoms with Gasteiger partial charge in [0.05, 0.1) is 0 Å². The molecule has 0 aromatic heterocycles. The first-order valence-electron chi connectivity index (χ1n) is 8.33. The van der Waals surface area contributed by atoms with E-state index in [1.807, 2.05) is 0 Å². The van der Waals surface area contributed by atoms with E-state index in [-0.39, 0.29) is 0 Å². The van der Waals surface area contributed by atoms with Crippen molar-refractivity contribution in [3.63, 3.8) is 0 Å². The summed E-state index contributed by atoms with van der Waals surface area (Å²) in [5, 5.41) is 3.72. The molecule has 1 aliphatic heterocycles. The fraction of sp³-hybridized carbons (Fsp3) is 0.400. The molecule has 108 valence electrons. The minimum absolute atomic E-state index is 0.633. The molecule has 1 atom stereocenters. The van der Waals surface area contributed by atoms with E-state index in [1.165, 1.54) is 61.8 Å². The lowest BCUT2D eigenvalue weighted by molar-refractivity contribution is 0.586. The van der Waals surface area contributed by atoms with Crippen LogP contribution >= 0.6 is 0 Å². The number of rotatable bonds is 3. The van der Waals surface area contributed by atoms with Gasteiger partial charge in [-0.05, 0) is 73.3 Å². The van der Waals surface area contributed by atoms with Gasteiger partial charge in [-0.3, -0.25) is 0 Å². The maximum absolute atomic E-state index is 3.72. The van der Waals surface area contributed by atoms with Gasteiger partial charge in [0.15, 0.2) is 0 Å². The second-order valence-electron chi connectivity index (χ2n) is 6.53. The zero-order chi connectivity index (χ0) is 14.1. The molecular formula is C20H23N. The number of fused-ring (bicyclic) bond motifs is 2. The molecule has 2 aromatic rings. The SMILES string of the molecule is c1ccc2c(c1)CCC(CCc1ccc3c(c1)CCC3)N2. The van der Waals surface area contributed by atoms with Crippen molar-refractivity contribution in [1.82, 2.24) is 0 Å². The normalized spacial score (nSPS) is 19.7. The van der Waals surface area contributed by atoms with E-state index in [9.17, 15) is 0 Å². The monoisotopic (exact) mass is 277 g/mol. The maximum Gasteiger partial charge on any atom is 0.0374 e. The fourth-order valence-corrected chi connectivity index (χ4v) is 3.84. The van der Waals surface area contributed by atoms with Crippen LogP contribution in [0, 0.1) is 0 Å². The molecule has 0 saturated heterocycles. The lowest BCUT2D eigenvalue weighted by Gasteiger charge is -2.27. The number of nitrogens with one attached hydrogen (secondary N) is 1. The van der Waals surface area contributed by atoms with E-state index in [2.05, 4.69) is 47.8 Å². The summed E-state index contributed by atoms with van der Waals surface area (Å²) < 4.78 is 0. The van der Waals surface area contributed by atoms with Crippen molar-refractivity contribution in [2.75, 3.05) is 5.32 Å². The summed E-state index contributed by atoms with van der Waals surface area (Å²) in [5.41, 5.74) is 7.54. The van der Waals surface area contributed by atoms with Crippen LogP contribution in [-0.4, -0.2) is 6.04 Å². The molecule has 1 unspecified atom stereocenters. The third-order valence-corrected chi connectivity index (χ3v) is 5.08. The molecule has 1 heterocycles. The van der Waals surface area contributed by atoms with Crippen molar-refractivity contribution in [3.8, 4) is 0 Å². The van der Waals surface area contributed by atoms with Crippen LogP contribution in [0.15, 0.2) is 42.5 Å². The van der Waals surface area contributed by atoms with Crippen LogP contribution in [-0.2, 0) is 25.7 Å². The molecule has 1 nitrogen and oxygen atoms in total. The molecule has 2 aromatic carbocycles. The van der Waals surface area contributed by atoms with Crippen LogP contribution in [0.5, 0.6) is 0 Å². The fourth-order valence-electron chi connectivity index (χ4n) is 3.84.